The summed E-state index contributed by atoms with van der Waals surface area (Å²) in [5.41, 5.74) is 0. The van der Waals surface area contributed by atoms with Crippen LogP contribution in [0.25, 0.3) is 0 Å². The normalized spacial score (nSPS) is 15.2. The van der Waals surface area contributed by atoms with E-state index in [9.17, 15) is 43.5 Å². The Labute approximate surface area is 500 Å². The van der Waals surface area contributed by atoms with Crippen LogP contribution < -0.4 is 0 Å². The van der Waals surface area contributed by atoms with Gasteiger partial charge in [0.15, 0.2) is 6.10 Å². The quantitative estimate of drug-likeness (QED) is 0.0146. The Bertz CT molecular complexity index is 2000. The highest BCUT2D eigenvalue weighted by Gasteiger charge is 2.29. The van der Waals surface area contributed by atoms with Gasteiger partial charge in [0.05, 0.1) is 26.4 Å². The minimum Gasteiger partial charge on any atom is -0.463 e. The Morgan fingerprint density at radius 3 is 1.07 bits per heavy atom. The molecule has 0 radical (unpaired) electrons. The van der Waals surface area contributed by atoms with Gasteiger partial charge in [-0.1, -0.05) is 194 Å². The number of hydrogen-bond donors (Lipinski definition) is 4. The number of unbranched alkanes of at least 4 members (excludes halogenated alkanes) is 14. The molecule has 0 saturated heterocycles. The Balaban J connectivity index is 4.78. The van der Waals surface area contributed by atoms with Crippen molar-refractivity contribution >= 4 is 33.6 Å². The van der Waals surface area contributed by atoms with Gasteiger partial charge in [0.25, 0.3) is 0 Å². The van der Waals surface area contributed by atoms with Gasteiger partial charge in [-0.25, -0.2) is 9.13 Å². The first-order valence-electron chi connectivity index (χ1n) is 30.8. The number of hydrogen-bond acceptors (Lipinski definition) is 14. The molecule has 0 aromatic carbocycles. The average Bonchev–Trinajstić information content (AvgIpc) is 3.46. The summed E-state index contributed by atoms with van der Waals surface area (Å²) >= 11 is 0. The molecular weight excluding hydrogens is 1100 g/mol. The molecule has 5 atom stereocenters. The van der Waals surface area contributed by atoms with Gasteiger partial charge in [-0.05, 0) is 122 Å². The third-order valence-electron chi connectivity index (χ3n) is 12.2. The Kier molecular flexibility index (Phi) is 55.5. The van der Waals surface area contributed by atoms with E-state index in [0.717, 1.165) is 122 Å². The van der Waals surface area contributed by atoms with Crippen molar-refractivity contribution in [1.29, 1.82) is 0 Å². The van der Waals surface area contributed by atoms with E-state index >= 15 is 0 Å². The maximum Gasteiger partial charge on any atom is 0.472 e. The second-order valence-corrected chi connectivity index (χ2v) is 23.0. The van der Waals surface area contributed by atoms with Crippen LogP contribution in [0.15, 0.2) is 122 Å². The van der Waals surface area contributed by atoms with Crippen molar-refractivity contribution in [3.8, 4) is 0 Å². The maximum atomic E-state index is 12.9. The third kappa shape index (κ3) is 59.5. The van der Waals surface area contributed by atoms with E-state index in [1.807, 2.05) is 12.2 Å². The standard InChI is InChI=1S/C65H108O16P2/c1-4-7-10-13-16-19-22-25-27-29-31-34-36-39-42-45-48-51-63(68)75-54-60(66)55-77-82(71,72)78-56-61(67)57-79-83(73,74)80-59-62(81-65(70)53-50-47-44-41-38-33-24-21-18-15-12-9-6-3)58-76-64(69)52-49-46-43-40-37-35-32-30-28-26-23-20-17-14-11-8-5-2/h7-8,10-11,16-17,19-21,24-28,31-32,34-35,39,42,60-62,66-67H,4-6,9,12-15,18,22-23,29-30,33,36-38,40-41,43-59H2,1-3H3,(H,71,72)(H,73,74)/b10-7-,11-8-,19-16-,20-17-,24-21-,27-25-,28-26-,34-31-,35-32-,42-39-. The zero-order valence-corrected chi connectivity index (χ0v) is 52.6. The molecule has 0 fully saturated rings. The summed E-state index contributed by atoms with van der Waals surface area (Å²) < 4.78 is 60.6. The maximum absolute atomic E-state index is 12.9. The lowest BCUT2D eigenvalue weighted by molar-refractivity contribution is -0.161. The Hall–Kier alpha value is -4.05. The van der Waals surface area contributed by atoms with Gasteiger partial charge in [0.2, 0.25) is 0 Å². The van der Waals surface area contributed by atoms with E-state index in [0.29, 0.717) is 25.7 Å². The van der Waals surface area contributed by atoms with Crippen LogP contribution in [-0.2, 0) is 55.8 Å². The first-order chi connectivity index (χ1) is 40.2. The van der Waals surface area contributed by atoms with Crippen molar-refractivity contribution in [2.45, 2.75) is 232 Å². The molecular formula is C65H108O16P2. The number of ether oxygens (including phenoxy) is 3. The molecule has 18 heteroatoms. The monoisotopic (exact) mass is 1210 g/mol. The van der Waals surface area contributed by atoms with Crippen molar-refractivity contribution in [2.75, 3.05) is 39.6 Å². The molecule has 0 aromatic heterocycles. The van der Waals surface area contributed by atoms with E-state index in [1.165, 1.54) is 25.7 Å². The summed E-state index contributed by atoms with van der Waals surface area (Å²) in [6.07, 6.45) is 64.1. The molecule has 0 heterocycles. The highest BCUT2D eigenvalue weighted by Crippen LogP contribution is 2.45. The first-order valence-corrected chi connectivity index (χ1v) is 33.8. The number of aliphatic hydroxyl groups excluding tert-OH is 2. The van der Waals surface area contributed by atoms with Crippen LogP contribution in [0.5, 0.6) is 0 Å². The van der Waals surface area contributed by atoms with Crippen LogP contribution in [0.4, 0.5) is 0 Å². The third-order valence-corrected chi connectivity index (χ3v) is 14.1. The van der Waals surface area contributed by atoms with E-state index in [2.05, 4.69) is 130 Å². The molecule has 0 aliphatic heterocycles. The predicted octanol–water partition coefficient (Wildman–Crippen LogP) is 16.3. The largest absolute Gasteiger partial charge is 0.472 e. The zero-order valence-electron chi connectivity index (χ0n) is 50.8. The van der Waals surface area contributed by atoms with E-state index in [1.54, 1.807) is 0 Å². The van der Waals surface area contributed by atoms with Crippen molar-refractivity contribution in [1.82, 2.24) is 0 Å². The fraction of sp³-hybridized carbons (Fsp3) is 0.646. The molecule has 83 heavy (non-hydrogen) atoms. The van der Waals surface area contributed by atoms with Crippen molar-refractivity contribution in [3.05, 3.63) is 122 Å². The lowest BCUT2D eigenvalue weighted by Gasteiger charge is -2.21. The fourth-order valence-corrected chi connectivity index (χ4v) is 9.06. The van der Waals surface area contributed by atoms with Crippen LogP contribution >= 0.6 is 15.6 Å². The lowest BCUT2D eigenvalue weighted by atomic mass is 10.1. The van der Waals surface area contributed by atoms with Crippen LogP contribution in [0.3, 0.4) is 0 Å². The summed E-state index contributed by atoms with van der Waals surface area (Å²) in [6, 6.07) is 0. The second-order valence-electron chi connectivity index (χ2n) is 20.1. The molecule has 0 bridgehead atoms. The molecule has 4 N–H and O–H groups in total. The van der Waals surface area contributed by atoms with Gasteiger partial charge in [-0.2, -0.15) is 0 Å². The molecule has 0 saturated carbocycles. The number of phosphoric ester groups is 2. The fourth-order valence-electron chi connectivity index (χ4n) is 7.47. The molecule has 5 unspecified atom stereocenters. The van der Waals surface area contributed by atoms with Crippen molar-refractivity contribution in [3.63, 3.8) is 0 Å². The summed E-state index contributed by atoms with van der Waals surface area (Å²) in [6.45, 7) is 2.27. The van der Waals surface area contributed by atoms with Gasteiger partial charge in [-0.3, -0.25) is 32.5 Å². The molecule has 16 nitrogen and oxygen atoms in total. The minimum absolute atomic E-state index is 0.0841. The Morgan fingerprint density at radius 1 is 0.349 bits per heavy atom. The predicted molar refractivity (Wildman–Crippen MR) is 334 cm³/mol. The van der Waals surface area contributed by atoms with Gasteiger partial charge in [0, 0.05) is 19.3 Å². The van der Waals surface area contributed by atoms with E-state index < -0.39 is 91.5 Å². The number of phosphoric acid groups is 2. The molecule has 0 rings (SSSR count). The minimum atomic E-state index is -4.93. The summed E-state index contributed by atoms with van der Waals surface area (Å²) in [5.74, 6) is -1.68. The number of carbonyl (C=O) groups excluding carboxylic acids is 3. The molecule has 0 aromatic rings. The molecule has 0 aliphatic rings. The summed E-state index contributed by atoms with van der Waals surface area (Å²) in [5, 5.41) is 20.5. The molecule has 0 amide bonds. The van der Waals surface area contributed by atoms with Crippen molar-refractivity contribution in [2.24, 2.45) is 0 Å². The highest BCUT2D eigenvalue weighted by molar-refractivity contribution is 7.47. The van der Waals surface area contributed by atoms with Crippen LogP contribution in [0, 0.1) is 0 Å². The average molecular weight is 1210 g/mol. The topological polar surface area (TPSA) is 231 Å². The second kappa shape index (κ2) is 58.3. The lowest BCUT2D eigenvalue weighted by Crippen LogP contribution is -2.30. The van der Waals surface area contributed by atoms with Crippen LogP contribution in [-0.4, -0.2) is 95.9 Å². The summed E-state index contributed by atoms with van der Waals surface area (Å²) in [4.78, 5) is 58.1. The van der Waals surface area contributed by atoms with Crippen LogP contribution in [0.2, 0.25) is 0 Å². The van der Waals surface area contributed by atoms with Gasteiger partial charge < -0.3 is 34.2 Å². The number of esters is 3. The molecule has 0 aliphatic carbocycles. The van der Waals surface area contributed by atoms with E-state index in [-0.39, 0.29) is 19.3 Å². The first kappa shape index (κ1) is 79.0. The number of carbonyl (C=O) groups is 3. The number of rotatable bonds is 57. The van der Waals surface area contributed by atoms with Crippen LogP contribution in [0.1, 0.15) is 213 Å². The summed E-state index contributed by atoms with van der Waals surface area (Å²) in [7, 11) is -9.79. The zero-order chi connectivity index (χ0) is 61.0. The Morgan fingerprint density at radius 2 is 0.651 bits per heavy atom. The number of allylic oxidation sites excluding steroid dienone is 20. The molecule has 474 valence electrons. The van der Waals surface area contributed by atoms with Crippen molar-refractivity contribution < 1.29 is 75.8 Å². The van der Waals surface area contributed by atoms with E-state index in [4.69, 9.17) is 32.3 Å². The van der Waals surface area contributed by atoms with Gasteiger partial charge in [0.1, 0.15) is 25.4 Å². The van der Waals surface area contributed by atoms with Gasteiger partial charge >= 0.3 is 33.6 Å². The van der Waals surface area contributed by atoms with Gasteiger partial charge in [-0.15, -0.1) is 0 Å². The molecule has 0 spiro atoms. The number of aliphatic hydroxyl groups is 2. The highest BCUT2D eigenvalue weighted by atomic mass is 31.2. The smallest absolute Gasteiger partial charge is 0.463 e. The SMILES string of the molecule is CC/C=C\C/C=C\C/C=C\C/C=C\C/C=C\CCCC(=O)OCC(O)COP(=O)(O)OCC(O)COP(=O)(O)OCC(COC(=O)CCCCCC/C=C\C/C=C\C/C=C\C/C=C\CC)OC(=O)CCCCCCC/C=C\CCCCCC.